The normalized spacial score (nSPS) is 22.2. The molecular weight excluding hydrogens is 298 g/mol. The van der Waals surface area contributed by atoms with Crippen LogP contribution in [0.2, 0.25) is 5.02 Å². The summed E-state index contributed by atoms with van der Waals surface area (Å²) >= 11 is 7.65. The number of carbonyl (C=O) groups is 1. The highest BCUT2D eigenvalue weighted by atomic mass is 35.5. The molecule has 1 aromatic heterocycles. The number of halogens is 1. The summed E-state index contributed by atoms with van der Waals surface area (Å²) in [6.45, 7) is 2.74. The van der Waals surface area contributed by atoms with E-state index in [1.54, 1.807) is 16.2 Å². The number of nitrogens with zero attached hydrogens (tertiary/aromatic N) is 3. The molecule has 2 saturated heterocycles. The number of piperazine rings is 1. The molecule has 2 aliphatic rings. The maximum absolute atomic E-state index is 11.5. The molecule has 2 fully saturated rings. The SMILES string of the molecule is O=C1OCC2CN(c3nc4ccc(Cl)cc4s3)CCN12. The van der Waals surface area contributed by atoms with Crippen molar-refractivity contribution in [3.63, 3.8) is 0 Å². The maximum Gasteiger partial charge on any atom is 0.410 e. The minimum absolute atomic E-state index is 0.145. The van der Waals surface area contributed by atoms with Crippen molar-refractivity contribution in [1.29, 1.82) is 0 Å². The monoisotopic (exact) mass is 309 g/mol. The lowest BCUT2D eigenvalue weighted by Crippen LogP contribution is -2.52. The summed E-state index contributed by atoms with van der Waals surface area (Å²) in [6.07, 6.45) is -0.189. The molecule has 0 radical (unpaired) electrons. The first kappa shape index (κ1) is 12.2. The van der Waals surface area contributed by atoms with E-state index in [4.69, 9.17) is 16.3 Å². The van der Waals surface area contributed by atoms with Crippen molar-refractivity contribution in [2.75, 3.05) is 31.1 Å². The molecule has 5 nitrogen and oxygen atoms in total. The van der Waals surface area contributed by atoms with Gasteiger partial charge in [0.05, 0.1) is 16.3 Å². The van der Waals surface area contributed by atoms with Gasteiger partial charge in [0.2, 0.25) is 0 Å². The van der Waals surface area contributed by atoms with E-state index in [1.165, 1.54) is 0 Å². The summed E-state index contributed by atoms with van der Waals surface area (Å²) in [7, 11) is 0. The van der Waals surface area contributed by atoms with Gasteiger partial charge in [0.25, 0.3) is 0 Å². The number of hydrogen-bond acceptors (Lipinski definition) is 5. The minimum Gasteiger partial charge on any atom is -0.447 e. The van der Waals surface area contributed by atoms with Gasteiger partial charge in [0.15, 0.2) is 5.13 Å². The van der Waals surface area contributed by atoms with E-state index in [9.17, 15) is 4.79 Å². The summed E-state index contributed by atoms with van der Waals surface area (Å²) in [6, 6.07) is 5.88. The lowest BCUT2D eigenvalue weighted by Gasteiger charge is -2.35. The molecule has 3 heterocycles. The number of fused-ring (bicyclic) bond motifs is 2. The average molecular weight is 310 g/mol. The van der Waals surface area contributed by atoms with E-state index in [0.29, 0.717) is 13.2 Å². The van der Waals surface area contributed by atoms with Gasteiger partial charge in [-0.2, -0.15) is 0 Å². The number of carbonyl (C=O) groups excluding carboxylic acids is 1. The Morgan fingerprint density at radius 3 is 3.20 bits per heavy atom. The van der Waals surface area contributed by atoms with Gasteiger partial charge < -0.3 is 9.64 Å². The van der Waals surface area contributed by atoms with Crippen LogP contribution in [0.3, 0.4) is 0 Å². The molecule has 7 heteroatoms. The number of benzene rings is 1. The first-order chi connectivity index (χ1) is 9.70. The van der Waals surface area contributed by atoms with Crippen molar-refractivity contribution in [2.45, 2.75) is 6.04 Å². The number of aromatic nitrogens is 1. The van der Waals surface area contributed by atoms with Crippen LogP contribution in [0.1, 0.15) is 0 Å². The van der Waals surface area contributed by atoms with E-state index >= 15 is 0 Å². The Bertz CT molecular complexity index is 689. The van der Waals surface area contributed by atoms with Crippen molar-refractivity contribution in [1.82, 2.24) is 9.88 Å². The molecule has 104 valence electrons. The van der Waals surface area contributed by atoms with Crippen LogP contribution < -0.4 is 4.90 Å². The van der Waals surface area contributed by atoms with Gasteiger partial charge in [0, 0.05) is 24.7 Å². The van der Waals surface area contributed by atoms with Gasteiger partial charge in [-0.05, 0) is 18.2 Å². The number of cyclic esters (lactones) is 1. The Balaban J connectivity index is 1.62. The fourth-order valence-electron chi connectivity index (χ4n) is 2.68. The number of rotatable bonds is 1. The highest BCUT2D eigenvalue weighted by molar-refractivity contribution is 7.22. The standard InChI is InChI=1S/C13H12ClN3O2S/c14-8-1-2-10-11(5-8)20-12(15-10)16-3-4-17-9(6-16)7-19-13(17)18/h1-2,5,9H,3-4,6-7H2. The largest absolute Gasteiger partial charge is 0.447 e. The number of amides is 1. The molecule has 0 spiro atoms. The van der Waals surface area contributed by atoms with Gasteiger partial charge in [-0.1, -0.05) is 22.9 Å². The first-order valence-corrected chi connectivity index (χ1v) is 7.64. The average Bonchev–Trinajstić information content (AvgIpc) is 3.02. The molecule has 1 aromatic carbocycles. The van der Waals surface area contributed by atoms with Crippen molar-refractivity contribution < 1.29 is 9.53 Å². The fraction of sp³-hybridized carbons (Fsp3) is 0.385. The van der Waals surface area contributed by atoms with Crippen LogP contribution in [-0.4, -0.2) is 48.3 Å². The summed E-state index contributed by atoms with van der Waals surface area (Å²) in [5.74, 6) is 0. The van der Waals surface area contributed by atoms with Gasteiger partial charge in [-0.15, -0.1) is 0 Å². The third kappa shape index (κ3) is 1.91. The van der Waals surface area contributed by atoms with Crippen molar-refractivity contribution in [3.05, 3.63) is 23.2 Å². The zero-order valence-corrected chi connectivity index (χ0v) is 12.2. The molecule has 1 amide bonds. The molecule has 1 unspecified atom stereocenters. The number of anilines is 1. The zero-order valence-electron chi connectivity index (χ0n) is 10.6. The molecule has 0 bridgehead atoms. The van der Waals surface area contributed by atoms with Gasteiger partial charge in [0.1, 0.15) is 6.61 Å². The van der Waals surface area contributed by atoms with Crippen molar-refractivity contribution in [3.8, 4) is 0 Å². The summed E-state index contributed by atoms with van der Waals surface area (Å²) in [4.78, 5) is 20.2. The molecule has 1 atom stereocenters. The zero-order chi connectivity index (χ0) is 13.7. The fourth-order valence-corrected chi connectivity index (χ4v) is 3.96. The topological polar surface area (TPSA) is 45.7 Å². The van der Waals surface area contributed by atoms with Crippen LogP contribution in [-0.2, 0) is 4.74 Å². The highest BCUT2D eigenvalue weighted by Crippen LogP contribution is 2.32. The molecule has 0 N–H and O–H groups in total. The van der Waals surface area contributed by atoms with Crippen LogP contribution in [0.4, 0.5) is 9.93 Å². The second-order valence-corrected chi connectivity index (χ2v) is 6.42. The van der Waals surface area contributed by atoms with Gasteiger partial charge in [-0.25, -0.2) is 9.78 Å². The summed E-state index contributed by atoms with van der Waals surface area (Å²) in [5, 5.41) is 1.72. The second-order valence-electron chi connectivity index (χ2n) is 4.98. The Morgan fingerprint density at radius 2 is 2.30 bits per heavy atom. The van der Waals surface area contributed by atoms with Crippen molar-refractivity contribution >= 4 is 44.4 Å². The summed E-state index contributed by atoms with van der Waals surface area (Å²) in [5.41, 5.74) is 0.968. The maximum atomic E-state index is 11.5. The molecule has 2 aromatic rings. The number of hydrogen-bond donors (Lipinski definition) is 0. The van der Waals surface area contributed by atoms with Crippen LogP contribution in [0.5, 0.6) is 0 Å². The van der Waals surface area contributed by atoms with E-state index in [1.807, 2.05) is 18.2 Å². The minimum atomic E-state index is -0.189. The third-order valence-electron chi connectivity index (χ3n) is 3.73. The van der Waals surface area contributed by atoms with E-state index in [0.717, 1.165) is 33.5 Å². The molecular formula is C13H12ClN3O2S. The van der Waals surface area contributed by atoms with Crippen LogP contribution in [0, 0.1) is 0 Å². The van der Waals surface area contributed by atoms with E-state index in [-0.39, 0.29) is 12.1 Å². The molecule has 0 saturated carbocycles. The Kier molecular flexibility index (Phi) is 2.75. The predicted octanol–water partition coefficient (Wildman–Crippen LogP) is 2.59. The number of thiazole rings is 1. The van der Waals surface area contributed by atoms with Crippen LogP contribution in [0.15, 0.2) is 18.2 Å². The van der Waals surface area contributed by atoms with Crippen molar-refractivity contribution in [2.24, 2.45) is 0 Å². The lowest BCUT2D eigenvalue weighted by molar-refractivity contribution is 0.157. The smallest absolute Gasteiger partial charge is 0.410 e. The second kappa shape index (κ2) is 4.49. The molecule has 4 rings (SSSR count). The predicted molar refractivity (Wildman–Crippen MR) is 78.7 cm³/mol. The molecule has 20 heavy (non-hydrogen) atoms. The van der Waals surface area contributed by atoms with Gasteiger partial charge >= 0.3 is 6.09 Å². The Labute approximate surface area is 124 Å². The lowest BCUT2D eigenvalue weighted by atomic mass is 10.2. The van der Waals surface area contributed by atoms with E-state index in [2.05, 4.69) is 9.88 Å². The van der Waals surface area contributed by atoms with Crippen LogP contribution in [0.25, 0.3) is 10.2 Å². The van der Waals surface area contributed by atoms with E-state index < -0.39 is 0 Å². The highest BCUT2D eigenvalue weighted by Gasteiger charge is 2.38. The first-order valence-electron chi connectivity index (χ1n) is 6.45. The summed E-state index contributed by atoms with van der Waals surface area (Å²) < 4.78 is 6.18. The number of ether oxygens (including phenoxy) is 1. The van der Waals surface area contributed by atoms with Gasteiger partial charge in [-0.3, -0.25) is 4.90 Å². The Morgan fingerprint density at radius 1 is 1.40 bits per heavy atom. The third-order valence-corrected chi connectivity index (χ3v) is 5.04. The molecule has 0 aliphatic carbocycles. The molecule has 2 aliphatic heterocycles. The quantitative estimate of drug-likeness (QED) is 0.812. The Hall–Kier alpha value is -1.53. The van der Waals surface area contributed by atoms with Crippen LogP contribution >= 0.6 is 22.9 Å².